The van der Waals surface area contributed by atoms with Gasteiger partial charge in [0.05, 0.1) is 20.4 Å². The molecule has 6 nitrogen and oxygen atoms in total. The summed E-state index contributed by atoms with van der Waals surface area (Å²) in [6.07, 6.45) is 2.12. The number of ether oxygens (including phenoxy) is 2. The van der Waals surface area contributed by atoms with E-state index in [0.29, 0.717) is 23.8 Å². The fourth-order valence-corrected chi connectivity index (χ4v) is 2.50. The van der Waals surface area contributed by atoms with Gasteiger partial charge in [-0.05, 0) is 36.4 Å². The normalized spacial score (nSPS) is 10.5. The van der Waals surface area contributed by atoms with E-state index in [1.165, 1.54) is 19.2 Å². The van der Waals surface area contributed by atoms with Gasteiger partial charge in [-0.1, -0.05) is 0 Å². The van der Waals surface area contributed by atoms with Crippen molar-refractivity contribution in [1.29, 1.82) is 0 Å². The molecule has 0 saturated carbocycles. The predicted molar refractivity (Wildman–Crippen MR) is 98.4 cm³/mol. The van der Waals surface area contributed by atoms with E-state index >= 15 is 0 Å². The van der Waals surface area contributed by atoms with Gasteiger partial charge in [0.25, 0.3) is 0 Å². The lowest BCUT2D eigenvalue weighted by Gasteiger charge is -2.06. The Morgan fingerprint density at radius 1 is 1.15 bits per heavy atom. The van der Waals surface area contributed by atoms with Crippen LogP contribution in [0.3, 0.4) is 0 Å². The topological polar surface area (TPSA) is 73.6 Å². The second-order valence-corrected chi connectivity index (χ2v) is 5.74. The number of benzene rings is 2. The Labute approximate surface area is 155 Å². The smallest absolute Gasteiger partial charge is 0.224 e. The van der Waals surface area contributed by atoms with Crippen LogP contribution in [0.1, 0.15) is 12.3 Å². The van der Waals surface area contributed by atoms with Gasteiger partial charge in [-0.25, -0.2) is 9.37 Å². The number of carbonyl (C=O) groups is 1. The van der Waals surface area contributed by atoms with Crippen molar-refractivity contribution in [2.75, 3.05) is 19.5 Å². The molecule has 0 radical (unpaired) electrons. The quantitative estimate of drug-likeness (QED) is 0.679. The highest BCUT2D eigenvalue weighted by molar-refractivity contribution is 5.90. The van der Waals surface area contributed by atoms with Crippen LogP contribution in [0.5, 0.6) is 11.5 Å². The molecule has 27 heavy (non-hydrogen) atoms. The van der Waals surface area contributed by atoms with Gasteiger partial charge in [-0.2, -0.15) is 0 Å². The number of hydrogen-bond donors (Lipinski definition) is 1. The average molecular weight is 370 g/mol. The molecule has 3 aromatic rings. The van der Waals surface area contributed by atoms with E-state index in [4.69, 9.17) is 13.9 Å². The molecular weight excluding hydrogens is 351 g/mol. The molecule has 1 N–H and O–H groups in total. The first-order valence-electron chi connectivity index (χ1n) is 8.31. The summed E-state index contributed by atoms with van der Waals surface area (Å²) in [6.45, 7) is 0. The average Bonchev–Trinajstić information content (AvgIpc) is 3.16. The Kier molecular flexibility index (Phi) is 5.71. The van der Waals surface area contributed by atoms with Crippen LogP contribution in [-0.2, 0) is 11.2 Å². The number of anilines is 1. The predicted octanol–water partition coefficient (Wildman–Crippen LogP) is 4.07. The van der Waals surface area contributed by atoms with Crippen molar-refractivity contribution in [3.8, 4) is 22.8 Å². The van der Waals surface area contributed by atoms with E-state index in [2.05, 4.69) is 10.3 Å². The van der Waals surface area contributed by atoms with Crippen LogP contribution >= 0.6 is 0 Å². The van der Waals surface area contributed by atoms with E-state index in [1.54, 1.807) is 19.4 Å². The molecule has 0 unspecified atom stereocenters. The molecule has 0 aliphatic rings. The second kappa shape index (κ2) is 8.35. The molecule has 0 atom stereocenters. The molecule has 1 aromatic heterocycles. The number of aryl methyl sites for hydroxylation is 1. The third-order valence-electron chi connectivity index (χ3n) is 3.93. The van der Waals surface area contributed by atoms with Crippen molar-refractivity contribution in [2.45, 2.75) is 12.8 Å². The molecule has 7 heteroatoms. The van der Waals surface area contributed by atoms with Gasteiger partial charge in [0.15, 0.2) is 23.2 Å². The van der Waals surface area contributed by atoms with Crippen LogP contribution in [0, 0.1) is 5.82 Å². The van der Waals surface area contributed by atoms with Crippen LogP contribution in [0.2, 0.25) is 0 Å². The molecule has 0 saturated heterocycles. The molecule has 140 valence electrons. The van der Waals surface area contributed by atoms with Gasteiger partial charge in [-0.3, -0.25) is 4.79 Å². The first-order valence-corrected chi connectivity index (χ1v) is 8.31. The standard InChI is InChI=1S/C20H19FN2O4/c1-25-15-6-3-13(4-7-15)18-12-22-20(27-18)10-9-19(24)23-14-5-8-17(26-2)16(21)11-14/h3-8,11-12H,9-10H2,1-2H3,(H,23,24). The van der Waals surface area contributed by atoms with Gasteiger partial charge in [0.2, 0.25) is 5.91 Å². The number of hydrogen-bond acceptors (Lipinski definition) is 5. The summed E-state index contributed by atoms with van der Waals surface area (Å²) >= 11 is 0. The number of carbonyl (C=O) groups excluding carboxylic acids is 1. The summed E-state index contributed by atoms with van der Waals surface area (Å²) in [4.78, 5) is 16.2. The number of nitrogens with zero attached hydrogens (tertiary/aromatic N) is 1. The van der Waals surface area contributed by atoms with E-state index in [-0.39, 0.29) is 18.1 Å². The zero-order valence-electron chi connectivity index (χ0n) is 15.0. The lowest BCUT2D eigenvalue weighted by Crippen LogP contribution is -2.12. The van der Waals surface area contributed by atoms with Crippen LogP contribution in [0.4, 0.5) is 10.1 Å². The van der Waals surface area contributed by atoms with Crippen molar-refractivity contribution in [3.05, 3.63) is 60.4 Å². The highest BCUT2D eigenvalue weighted by atomic mass is 19.1. The highest BCUT2D eigenvalue weighted by Crippen LogP contribution is 2.24. The number of oxazole rings is 1. The molecule has 1 amide bonds. The summed E-state index contributed by atoms with van der Waals surface area (Å²) < 4.78 is 29.3. The van der Waals surface area contributed by atoms with Crippen LogP contribution < -0.4 is 14.8 Å². The minimum atomic E-state index is -0.535. The van der Waals surface area contributed by atoms with Crippen molar-refractivity contribution in [1.82, 2.24) is 4.98 Å². The van der Waals surface area contributed by atoms with E-state index in [9.17, 15) is 9.18 Å². The summed E-state index contributed by atoms with van der Waals surface area (Å²) in [7, 11) is 2.99. The number of amides is 1. The number of rotatable bonds is 7. The molecular formula is C20H19FN2O4. The number of halogens is 1. The minimum Gasteiger partial charge on any atom is -0.497 e. The summed E-state index contributed by atoms with van der Waals surface area (Å²) in [5.74, 6) is 1.15. The third kappa shape index (κ3) is 4.63. The number of methoxy groups -OCH3 is 2. The van der Waals surface area contributed by atoms with Gasteiger partial charge in [0.1, 0.15) is 5.75 Å². The SMILES string of the molecule is COc1ccc(-c2cnc(CCC(=O)Nc3ccc(OC)c(F)c3)o2)cc1. The Morgan fingerprint density at radius 3 is 2.59 bits per heavy atom. The highest BCUT2D eigenvalue weighted by Gasteiger charge is 2.11. The monoisotopic (exact) mass is 370 g/mol. The first-order chi connectivity index (χ1) is 13.1. The van der Waals surface area contributed by atoms with Gasteiger partial charge in [-0.15, -0.1) is 0 Å². The minimum absolute atomic E-state index is 0.124. The van der Waals surface area contributed by atoms with E-state index in [1.807, 2.05) is 24.3 Å². The van der Waals surface area contributed by atoms with Crippen molar-refractivity contribution in [2.24, 2.45) is 0 Å². The maximum Gasteiger partial charge on any atom is 0.224 e. The van der Waals surface area contributed by atoms with E-state index in [0.717, 1.165) is 11.3 Å². The molecule has 0 bridgehead atoms. The van der Waals surface area contributed by atoms with Crippen LogP contribution in [0.15, 0.2) is 53.1 Å². The van der Waals surface area contributed by atoms with Gasteiger partial charge >= 0.3 is 0 Å². The van der Waals surface area contributed by atoms with E-state index < -0.39 is 5.82 Å². The lowest BCUT2D eigenvalue weighted by molar-refractivity contribution is -0.116. The van der Waals surface area contributed by atoms with Gasteiger partial charge < -0.3 is 19.2 Å². The zero-order valence-corrected chi connectivity index (χ0v) is 15.0. The number of aromatic nitrogens is 1. The summed E-state index contributed by atoms with van der Waals surface area (Å²) in [5.41, 5.74) is 1.23. The molecule has 0 fully saturated rings. The summed E-state index contributed by atoms with van der Waals surface area (Å²) in [5, 5.41) is 2.64. The Balaban J connectivity index is 1.56. The first kappa shape index (κ1) is 18.4. The molecule has 0 spiro atoms. The molecule has 3 rings (SSSR count). The molecule has 0 aliphatic heterocycles. The van der Waals surface area contributed by atoms with Crippen molar-refractivity contribution >= 4 is 11.6 Å². The van der Waals surface area contributed by atoms with Crippen molar-refractivity contribution in [3.63, 3.8) is 0 Å². The Hall–Kier alpha value is -3.35. The fraction of sp³-hybridized carbons (Fsp3) is 0.200. The third-order valence-corrected chi connectivity index (χ3v) is 3.93. The number of nitrogens with one attached hydrogen (secondary N) is 1. The molecule has 1 heterocycles. The largest absolute Gasteiger partial charge is 0.497 e. The van der Waals surface area contributed by atoms with Gasteiger partial charge in [0, 0.05) is 30.2 Å². The maximum absolute atomic E-state index is 13.7. The second-order valence-electron chi connectivity index (χ2n) is 5.74. The molecule has 2 aromatic carbocycles. The zero-order chi connectivity index (χ0) is 19.2. The van der Waals surface area contributed by atoms with Crippen LogP contribution in [0.25, 0.3) is 11.3 Å². The summed E-state index contributed by atoms with van der Waals surface area (Å²) in [6, 6.07) is 11.6. The maximum atomic E-state index is 13.7. The fourth-order valence-electron chi connectivity index (χ4n) is 2.50. The Morgan fingerprint density at radius 2 is 1.93 bits per heavy atom. The lowest BCUT2D eigenvalue weighted by atomic mass is 10.2. The Bertz CT molecular complexity index is 922. The molecule has 0 aliphatic carbocycles. The van der Waals surface area contributed by atoms with Crippen LogP contribution in [-0.4, -0.2) is 25.1 Å². The van der Waals surface area contributed by atoms with Crippen molar-refractivity contribution < 1.29 is 23.1 Å².